The quantitative estimate of drug-likeness (QED) is 0.494. The van der Waals surface area contributed by atoms with Gasteiger partial charge in [-0.15, -0.1) is 0 Å². The highest BCUT2D eigenvalue weighted by Gasteiger charge is 1.84. The molecule has 0 aliphatic heterocycles. The van der Waals surface area contributed by atoms with Gasteiger partial charge in [0.05, 0.1) is 0 Å². The molecule has 2 heteroatoms. The summed E-state index contributed by atoms with van der Waals surface area (Å²) in [5.74, 6) is 0.648. The maximum atomic E-state index is 9.97. The van der Waals surface area contributed by atoms with Crippen LogP contribution in [0.25, 0.3) is 0 Å². The number of hydrogen-bond acceptors (Lipinski definition) is 2. The summed E-state index contributed by atoms with van der Waals surface area (Å²) in [4.78, 5) is 9.97. The van der Waals surface area contributed by atoms with E-state index in [0.29, 0.717) is 5.75 Å². The molecule has 0 aromatic heterocycles. The van der Waals surface area contributed by atoms with Crippen molar-refractivity contribution in [1.29, 1.82) is 0 Å². The molecule has 0 heterocycles. The molecule has 35 valence electrons. The first kappa shape index (κ1) is 6.02. The topological polar surface area (TPSA) is 17.1 Å². The largest absolute Gasteiger partial charge is 0.288 e. The Hall–Kier alpha value is 0.0200. The standard InChI is InChI=1S/C4H7OS/c1-3-6-4(2)5/h1,3H2,2H3. The van der Waals surface area contributed by atoms with Gasteiger partial charge in [0.15, 0.2) is 5.12 Å². The molecular weight excluding hydrogens is 96.1 g/mol. The average molecular weight is 103 g/mol. The van der Waals surface area contributed by atoms with Crippen LogP contribution in [-0.2, 0) is 4.79 Å². The fourth-order valence-electron chi connectivity index (χ4n) is 0.144. The number of rotatable bonds is 1. The van der Waals surface area contributed by atoms with E-state index in [9.17, 15) is 4.79 Å². The Kier molecular flexibility index (Phi) is 3.23. The van der Waals surface area contributed by atoms with Crippen molar-refractivity contribution in [2.45, 2.75) is 6.92 Å². The molecule has 0 saturated carbocycles. The van der Waals surface area contributed by atoms with E-state index in [1.165, 1.54) is 18.7 Å². The highest BCUT2D eigenvalue weighted by molar-refractivity contribution is 8.13. The molecule has 6 heavy (non-hydrogen) atoms. The van der Waals surface area contributed by atoms with Crippen LogP contribution < -0.4 is 0 Å². The second-order valence-corrected chi connectivity index (χ2v) is 2.11. The van der Waals surface area contributed by atoms with Crippen molar-refractivity contribution in [3.8, 4) is 0 Å². The van der Waals surface area contributed by atoms with Gasteiger partial charge in [-0.2, -0.15) is 0 Å². The number of carbonyl (C=O) groups excluding carboxylic acids is 1. The van der Waals surface area contributed by atoms with Gasteiger partial charge in [0.2, 0.25) is 0 Å². The van der Waals surface area contributed by atoms with Gasteiger partial charge in [-0.1, -0.05) is 11.8 Å². The van der Waals surface area contributed by atoms with E-state index < -0.39 is 0 Å². The monoisotopic (exact) mass is 103 g/mol. The second-order valence-electron chi connectivity index (χ2n) is 0.840. The van der Waals surface area contributed by atoms with Crippen molar-refractivity contribution >= 4 is 16.9 Å². The highest BCUT2D eigenvalue weighted by atomic mass is 32.2. The Morgan fingerprint density at radius 1 is 2.00 bits per heavy atom. The zero-order chi connectivity index (χ0) is 4.99. The Labute approximate surface area is 42.1 Å². The van der Waals surface area contributed by atoms with Crippen LogP contribution in [-0.4, -0.2) is 10.9 Å². The summed E-state index contributed by atoms with van der Waals surface area (Å²) in [6.07, 6.45) is 0. The maximum absolute atomic E-state index is 9.97. The van der Waals surface area contributed by atoms with Crippen LogP contribution in [0, 0.1) is 6.92 Å². The van der Waals surface area contributed by atoms with Crippen LogP contribution in [0.15, 0.2) is 0 Å². The lowest BCUT2D eigenvalue weighted by molar-refractivity contribution is -0.109. The molecule has 0 amide bonds. The summed E-state index contributed by atoms with van der Waals surface area (Å²) in [5, 5.41) is 0.144. The van der Waals surface area contributed by atoms with Crippen molar-refractivity contribution in [3.63, 3.8) is 0 Å². The Morgan fingerprint density at radius 3 is 2.50 bits per heavy atom. The minimum Gasteiger partial charge on any atom is -0.288 e. The van der Waals surface area contributed by atoms with Crippen LogP contribution in [0.2, 0.25) is 0 Å². The van der Waals surface area contributed by atoms with E-state index in [-0.39, 0.29) is 5.12 Å². The summed E-state index contributed by atoms with van der Waals surface area (Å²) >= 11 is 1.24. The zero-order valence-corrected chi connectivity index (χ0v) is 4.55. The SMILES string of the molecule is [CH2]CSC(C)=O. The van der Waals surface area contributed by atoms with Crippen molar-refractivity contribution in [2.24, 2.45) is 0 Å². The lowest BCUT2D eigenvalue weighted by Crippen LogP contribution is -1.78. The number of carbonyl (C=O) groups is 1. The molecule has 0 aliphatic rings. The van der Waals surface area contributed by atoms with Crippen molar-refractivity contribution in [3.05, 3.63) is 6.92 Å². The third-order valence-electron chi connectivity index (χ3n) is 0.305. The molecule has 0 aliphatic carbocycles. The fourth-order valence-corrected chi connectivity index (χ4v) is 0.431. The van der Waals surface area contributed by atoms with E-state index >= 15 is 0 Å². The molecule has 0 unspecified atom stereocenters. The van der Waals surface area contributed by atoms with Gasteiger partial charge < -0.3 is 0 Å². The minimum atomic E-state index is 0.144. The summed E-state index contributed by atoms with van der Waals surface area (Å²) in [6.45, 7) is 5.01. The molecule has 0 saturated heterocycles. The third-order valence-corrected chi connectivity index (χ3v) is 0.916. The molecule has 0 spiro atoms. The maximum Gasteiger partial charge on any atom is 0.185 e. The van der Waals surface area contributed by atoms with Gasteiger partial charge in [-0.05, 0) is 6.92 Å². The lowest BCUT2D eigenvalue weighted by Gasteiger charge is -1.80. The smallest absolute Gasteiger partial charge is 0.185 e. The first-order valence-corrected chi connectivity index (χ1v) is 2.68. The van der Waals surface area contributed by atoms with Gasteiger partial charge >= 0.3 is 0 Å². The molecule has 0 bridgehead atoms. The molecule has 0 aromatic rings. The molecule has 0 aromatic carbocycles. The molecule has 0 atom stereocenters. The van der Waals surface area contributed by atoms with Crippen LogP contribution in [0.1, 0.15) is 6.92 Å². The predicted octanol–water partition coefficient (Wildman–Crippen LogP) is 1.10. The molecule has 1 radical (unpaired) electrons. The Morgan fingerprint density at radius 2 is 2.50 bits per heavy atom. The molecular formula is C4H7OS. The molecule has 1 nitrogen and oxygen atoms in total. The Bertz CT molecular complexity index is 51.5. The first-order valence-electron chi connectivity index (χ1n) is 1.70. The van der Waals surface area contributed by atoms with Gasteiger partial charge in [-0.3, -0.25) is 4.79 Å². The summed E-state index contributed by atoms with van der Waals surface area (Å²) in [7, 11) is 0. The Balaban J connectivity index is 2.83. The second kappa shape index (κ2) is 3.22. The first-order chi connectivity index (χ1) is 2.77. The third kappa shape index (κ3) is 4.02. The summed E-state index contributed by atoms with van der Waals surface area (Å²) < 4.78 is 0. The normalized spacial score (nSPS) is 8.33. The average Bonchev–Trinajstić information content (AvgIpc) is 1.35. The molecule has 0 N–H and O–H groups in total. The number of thioether (sulfide) groups is 1. The van der Waals surface area contributed by atoms with Crippen molar-refractivity contribution in [2.75, 3.05) is 5.75 Å². The molecule has 0 rings (SSSR count). The number of hydrogen-bond donors (Lipinski definition) is 0. The highest BCUT2D eigenvalue weighted by Crippen LogP contribution is 1.96. The van der Waals surface area contributed by atoms with Gasteiger partial charge in [-0.25, -0.2) is 0 Å². The van der Waals surface area contributed by atoms with E-state index in [2.05, 4.69) is 6.92 Å². The fraction of sp³-hybridized carbons (Fsp3) is 0.500. The van der Waals surface area contributed by atoms with E-state index in [0.717, 1.165) is 0 Å². The van der Waals surface area contributed by atoms with E-state index in [1.54, 1.807) is 0 Å². The van der Waals surface area contributed by atoms with Gasteiger partial charge in [0.25, 0.3) is 0 Å². The van der Waals surface area contributed by atoms with E-state index in [4.69, 9.17) is 0 Å². The lowest BCUT2D eigenvalue weighted by atomic mass is 10.9. The predicted molar refractivity (Wildman–Crippen MR) is 28.5 cm³/mol. The molecule has 0 fully saturated rings. The van der Waals surface area contributed by atoms with Crippen LogP contribution >= 0.6 is 11.8 Å². The van der Waals surface area contributed by atoms with Crippen molar-refractivity contribution in [1.82, 2.24) is 0 Å². The summed E-state index contributed by atoms with van der Waals surface area (Å²) in [6, 6.07) is 0. The van der Waals surface area contributed by atoms with Gasteiger partial charge in [0, 0.05) is 12.7 Å². The van der Waals surface area contributed by atoms with E-state index in [1.807, 2.05) is 0 Å². The summed E-state index contributed by atoms with van der Waals surface area (Å²) in [5.41, 5.74) is 0. The van der Waals surface area contributed by atoms with Crippen LogP contribution in [0.5, 0.6) is 0 Å². The van der Waals surface area contributed by atoms with Crippen LogP contribution in [0.4, 0.5) is 0 Å². The zero-order valence-electron chi connectivity index (χ0n) is 3.73. The van der Waals surface area contributed by atoms with Gasteiger partial charge in [0.1, 0.15) is 0 Å². The minimum absolute atomic E-state index is 0.144. The van der Waals surface area contributed by atoms with Crippen molar-refractivity contribution < 1.29 is 4.79 Å². The van der Waals surface area contributed by atoms with Crippen LogP contribution in [0.3, 0.4) is 0 Å².